The van der Waals surface area contributed by atoms with Crippen molar-refractivity contribution < 1.29 is 19.1 Å². The van der Waals surface area contributed by atoms with E-state index >= 15 is 0 Å². The normalized spacial score (nSPS) is 22.4. The quantitative estimate of drug-likeness (QED) is 0.865. The summed E-state index contributed by atoms with van der Waals surface area (Å²) in [5.41, 5.74) is 7.58. The van der Waals surface area contributed by atoms with E-state index in [1.807, 2.05) is 0 Å². The van der Waals surface area contributed by atoms with E-state index in [1.54, 1.807) is 18.7 Å². The molecule has 22 heavy (non-hydrogen) atoms. The molecule has 1 aliphatic carbocycles. The van der Waals surface area contributed by atoms with Gasteiger partial charge in [-0.15, -0.1) is 11.3 Å². The van der Waals surface area contributed by atoms with E-state index in [1.165, 1.54) is 11.3 Å². The van der Waals surface area contributed by atoms with Gasteiger partial charge in [0.25, 0.3) is 0 Å². The summed E-state index contributed by atoms with van der Waals surface area (Å²) in [7, 11) is 0. The zero-order chi connectivity index (χ0) is 15.9. The zero-order valence-electron chi connectivity index (χ0n) is 12.8. The van der Waals surface area contributed by atoms with Crippen LogP contribution in [0, 0.1) is 0 Å². The first-order valence-electron chi connectivity index (χ1n) is 7.61. The molecule has 0 spiro atoms. The highest BCUT2D eigenvalue weighted by molar-refractivity contribution is 7.16. The molecule has 4 rings (SSSR count). The number of hydrogen-bond acceptors (Lipinski definition) is 6. The topological polar surface area (TPSA) is 81.9 Å². The third-order valence-electron chi connectivity index (χ3n) is 4.28. The SMILES string of the molecule is CCOC(=O)c1c(N)sc2c1C1CCC2N(C(=O)OCC)C1. The van der Waals surface area contributed by atoms with Crippen LogP contribution in [0.15, 0.2) is 0 Å². The molecule has 2 N–H and O–H groups in total. The molecule has 0 saturated carbocycles. The molecule has 2 bridgehead atoms. The molecule has 1 amide bonds. The zero-order valence-corrected chi connectivity index (χ0v) is 13.6. The molecule has 1 saturated heterocycles. The summed E-state index contributed by atoms with van der Waals surface area (Å²) in [5.74, 6) is -0.218. The first-order chi connectivity index (χ1) is 10.6. The average Bonchev–Trinajstić information content (AvgIpc) is 2.86. The predicted octanol–water partition coefficient (Wildman–Crippen LogP) is 2.90. The maximum atomic E-state index is 12.2. The van der Waals surface area contributed by atoms with Crippen molar-refractivity contribution in [2.45, 2.75) is 38.6 Å². The Kier molecular flexibility index (Phi) is 3.99. The van der Waals surface area contributed by atoms with Gasteiger partial charge < -0.3 is 15.2 Å². The van der Waals surface area contributed by atoms with Crippen molar-refractivity contribution in [1.29, 1.82) is 0 Å². The number of thiophene rings is 1. The number of fused-ring (bicyclic) bond motifs is 2. The summed E-state index contributed by atoms with van der Waals surface area (Å²) in [6.45, 7) is 4.85. The van der Waals surface area contributed by atoms with Crippen molar-refractivity contribution >= 4 is 28.4 Å². The number of rotatable bonds is 3. The molecular formula is C15H20N2O4S. The summed E-state index contributed by atoms with van der Waals surface area (Å²) in [5, 5.41) is 0.492. The van der Waals surface area contributed by atoms with Gasteiger partial charge in [-0.2, -0.15) is 0 Å². The van der Waals surface area contributed by atoms with Crippen LogP contribution in [0.1, 0.15) is 59.4 Å². The van der Waals surface area contributed by atoms with Crippen molar-refractivity contribution in [3.63, 3.8) is 0 Å². The van der Waals surface area contributed by atoms with Gasteiger partial charge in [-0.3, -0.25) is 4.90 Å². The number of carbonyl (C=O) groups is 2. The summed E-state index contributed by atoms with van der Waals surface area (Å²) in [4.78, 5) is 27.1. The van der Waals surface area contributed by atoms with E-state index in [2.05, 4.69) is 0 Å². The lowest BCUT2D eigenvalue weighted by atomic mass is 9.77. The smallest absolute Gasteiger partial charge is 0.410 e. The molecule has 0 aromatic carbocycles. The van der Waals surface area contributed by atoms with Crippen molar-refractivity contribution in [3.8, 4) is 0 Å². The summed E-state index contributed by atoms with van der Waals surface area (Å²) in [6, 6.07) is -0.0328. The third kappa shape index (κ3) is 2.24. The first kappa shape index (κ1) is 15.1. The van der Waals surface area contributed by atoms with Gasteiger partial charge >= 0.3 is 12.1 Å². The minimum atomic E-state index is -0.354. The Balaban J connectivity index is 1.98. The highest BCUT2D eigenvalue weighted by Gasteiger charge is 2.45. The molecule has 120 valence electrons. The maximum absolute atomic E-state index is 12.2. The summed E-state index contributed by atoms with van der Waals surface area (Å²) >= 11 is 1.40. The molecule has 2 atom stereocenters. The van der Waals surface area contributed by atoms with Gasteiger partial charge in [-0.05, 0) is 32.3 Å². The fourth-order valence-corrected chi connectivity index (χ4v) is 4.73. The van der Waals surface area contributed by atoms with E-state index in [0.29, 0.717) is 30.3 Å². The second-order valence-electron chi connectivity index (χ2n) is 5.48. The van der Waals surface area contributed by atoms with E-state index in [9.17, 15) is 9.59 Å². The van der Waals surface area contributed by atoms with Crippen LogP contribution in [0.4, 0.5) is 9.80 Å². The van der Waals surface area contributed by atoms with E-state index < -0.39 is 0 Å². The van der Waals surface area contributed by atoms with Gasteiger partial charge in [0.15, 0.2) is 0 Å². The number of nitrogens with two attached hydrogens (primary N) is 1. The molecule has 1 fully saturated rings. The average molecular weight is 324 g/mol. The molecule has 3 heterocycles. The van der Waals surface area contributed by atoms with Gasteiger partial charge in [0.05, 0.1) is 24.8 Å². The Bertz CT molecular complexity index is 613. The maximum Gasteiger partial charge on any atom is 0.410 e. The Morgan fingerprint density at radius 3 is 2.68 bits per heavy atom. The van der Waals surface area contributed by atoms with Crippen LogP contribution in [0.25, 0.3) is 0 Å². The number of piperidine rings is 1. The minimum Gasteiger partial charge on any atom is -0.462 e. The molecule has 6 nitrogen and oxygen atoms in total. The number of anilines is 1. The van der Waals surface area contributed by atoms with Crippen LogP contribution in [-0.2, 0) is 9.47 Å². The van der Waals surface area contributed by atoms with Crippen LogP contribution in [0.3, 0.4) is 0 Å². The lowest BCUT2D eigenvalue weighted by Crippen LogP contribution is -2.45. The minimum absolute atomic E-state index is 0.0328. The molecule has 0 radical (unpaired) electrons. The summed E-state index contributed by atoms with van der Waals surface area (Å²) < 4.78 is 10.3. The Morgan fingerprint density at radius 2 is 2.00 bits per heavy atom. The molecular weight excluding hydrogens is 304 g/mol. The van der Waals surface area contributed by atoms with Crippen molar-refractivity contribution in [2.24, 2.45) is 0 Å². The fourth-order valence-electron chi connectivity index (χ4n) is 3.43. The van der Waals surface area contributed by atoms with E-state index in [-0.39, 0.29) is 24.0 Å². The first-order valence-corrected chi connectivity index (χ1v) is 8.42. The van der Waals surface area contributed by atoms with E-state index in [0.717, 1.165) is 23.3 Å². The van der Waals surface area contributed by atoms with Crippen LogP contribution in [0.2, 0.25) is 0 Å². The predicted molar refractivity (Wildman–Crippen MR) is 83.1 cm³/mol. The molecule has 2 unspecified atom stereocenters. The van der Waals surface area contributed by atoms with Gasteiger partial charge in [0.1, 0.15) is 5.00 Å². The van der Waals surface area contributed by atoms with Crippen LogP contribution < -0.4 is 5.73 Å². The Morgan fingerprint density at radius 1 is 1.27 bits per heavy atom. The van der Waals surface area contributed by atoms with Crippen molar-refractivity contribution in [3.05, 3.63) is 16.0 Å². The third-order valence-corrected chi connectivity index (χ3v) is 5.41. The second kappa shape index (κ2) is 5.79. The summed E-state index contributed by atoms with van der Waals surface area (Å²) in [6.07, 6.45) is 1.56. The number of amides is 1. The number of hydrogen-bond donors (Lipinski definition) is 1. The molecule has 7 heteroatoms. The number of nitrogens with zero attached hydrogens (tertiary/aromatic N) is 1. The van der Waals surface area contributed by atoms with Crippen molar-refractivity contribution in [2.75, 3.05) is 25.5 Å². The van der Waals surface area contributed by atoms with Gasteiger partial charge in [-0.25, -0.2) is 9.59 Å². The Labute approximate surface area is 133 Å². The van der Waals surface area contributed by atoms with Crippen LogP contribution in [0.5, 0.6) is 0 Å². The largest absolute Gasteiger partial charge is 0.462 e. The lowest BCUT2D eigenvalue weighted by Gasteiger charge is -2.44. The van der Waals surface area contributed by atoms with Gasteiger partial charge in [0.2, 0.25) is 0 Å². The molecule has 1 aromatic rings. The van der Waals surface area contributed by atoms with Crippen molar-refractivity contribution in [1.82, 2.24) is 4.90 Å². The number of carbonyl (C=O) groups excluding carboxylic acids is 2. The number of esters is 1. The highest BCUT2D eigenvalue weighted by Crippen LogP contribution is 2.53. The monoisotopic (exact) mass is 324 g/mol. The van der Waals surface area contributed by atoms with Gasteiger partial charge in [-0.1, -0.05) is 0 Å². The standard InChI is InChI=1S/C15H20N2O4S/c1-3-20-14(18)11-10-8-5-6-9(12(10)22-13(11)16)17(7-8)15(19)21-4-2/h8-9H,3-7,16H2,1-2H3. The number of ether oxygens (including phenoxy) is 2. The van der Waals surface area contributed by atoms with Crippen LogP contribution >= 0.6 is 11.3 Å². The van der Waals surface area contributed by atoms with Gasteiger partial charge in [0, 0.05) is 17.3 Å². The fraction of sp³-hybridized carbons (Fsp3) is 0.600. The van der Waals surface area contributed by atoms with E-state index in [4.69, 9.17) is 15.2 Å². The highest BCUT2D eigenvalue weighted by atomic mass is 32.1. The number of nitrogen functional groups attached to an aromatic ring is 1. The molecule has 1 aromatic heterocycles. The lowest BCUT2D eigenvalue weighted by molar-refractivity contribution is 0.0517. The second-order valence-corrected chi connectivity index (χ2v) is 6.56. The Hall–Kier alpha value is -1.76. The molecule has 2 aliphatic heterocycles. The van der Waals surface area contributed by atoms with Crippen LogP contribution in [-0.4, -0.2) is 36.7 Å². The molecule has 3 aliphatic rings.